The van der Waals surface area contributed by atoms with Gasteiger partial charge < -0.3 is 14.9 Å². The molecule has 0 saturated carbocycles. The first kappa shape index (κ1) is 14.9. The molecular weight excluding hydrogens is 284 g/mol. The molecule has 17 heavy (non-hydrogen) atoms. The monoisotopic (exact) mass is 306 g/mol. The van der Waals surface area contributed by atoms with Gasteiger partial charge >= 0.3 is 0 Å². The van der Waals surface area contributed by atoms with E-state index in [2.05, 4.69) is 27.9 Å². The van der Waals surface area contributed by atoms with Crippen LogP contribution in [0.25, 0.3) is 0 Å². The van der Waals surface area contributed by atoms with Gasteiger partial charge in [-0.2, -0.15) is 0 Å². The van der Waals surface area contributed by atoms with Crippen LogP contribution in [0.3, 0.4) is 0 Å². The molecule has 1 saturated heterocycles. The summed E-state index contributed by atoms with van der Waals surface area (Å²) < 4.78 is 0. The zero-order chi connectivity index (χ0) is 12.8. The first-order chi connectivity index (χ1) is 8.10. The number of carbonyl (C=O) groups excluding carboxylic acids is 1. The van der Waals surface area contributed by atoms with Gasteiger partial charge in [0.05, 0.1) is 11.4 Å². The summed E-state index contributed by atoms with van der Waals surface area (Å²) in [5.41, 5.74) is 0. The highest BCUT2D eigenvalue weighted by atomic mass is 79.9. The van der Waals surface area contributed by atoms with Crippen molar-refractivity contribution in [1.29, 1.82) is 0 Å². The number of hydrogen-bond donors (Lipinski definition) is 1. The molecule has 0 aromatic heterocycles. The maximum Gasteiger partial charge on any atom is 0.236 e. The second-order valence-corrected chi connectivity index (χ2v) is 5.77. The summed E-state index contributed by atoms with van der Waals surface area (Å²) in [4.78, 5) is 16.2. The number of rotatable bonds is 5. The van der Waals surface area contributed by atoms with E-state index >= 15 is 0 Å². The first-order valence-electron chi connectivity index (χ1n) is 6.34. The number of piperidine rings is 1. The summed E-state index contributed by atoms with van der Waals surface area (Å²) in [5.74, 6) is 0.121. The van der Waals surface area contributed by atoms with E-state index in [1.165, 1.54) is 0 Å². The molecule has 0 aliphatic carbocycles. The molecule has 1 fully saturated rings. The Morgan fingerprint density at radius 1 is 1.53 bits per heavy atom. The Morgan fingerprint density at radius 3 is 2.59 bits per heavy atom. The van der Waals surface area contributed by atoms with Crippen molar-refractivity contribution >= 4 is 21.8 Å². The van der Waals surface area contributed by atoms with Gasteiger partial charge in [-0.15, -0.1) is 0 Å². The first-order valence-corrected chi connectivity index (χ1v) is 7.25. The van der Waals surface area contributed by atoms with Crippen molar-refractivity contribution in [1.82, 2.24) is 9.80 Å². The van der Waals surface area contributed by atoms with Crippen molar-refractivity contribution < 1.29 is 9.90 Å². The number of amides is 1. The van der Waals surface area contributed by atoms with Crippen LogP contribution < -0.4 is 0 Å². The van der Waals surface area contributed by atoms with E-state index in [0.29, 0.717) is 6.54 Å². The van der Waals surface area contributed by atoms with Crippen LogP contribution in [0, 0.1) is 0 Å². The molecule has 5 heteroatoms. The zero-order valence-electron chi connectivity index (χ0n) is 10.7. The number of aliphatic hydroxyl groups is 1. The van der Waals surface area contributed by atoms with Crippen molar-refractivity contribution in [2.45, 2.75) is 37.1 Å². The maximum absolute atomic E-state index is 12.2. The number of carbonyl (C=O) groups is 1. The molecule has 0 aromatic rings. The van der Waals surface area contributed by atoms with Crippen LogP contribution in [-0.2, 0) is 4.79 Å². The lowest BCUT2D eigenvalue weighted by Crippen LogP contribution is -2.49. The molecular formula is C12H23BrN2O2. The fourth-order valence-corrected chi connectivity index (χ4v) is 2.50. The number of likely N-dealkylation sites (tertiary alicyclic amines) is 1. The third-order valence-electron chi connectivity index (χ3n) is 3.38. The van der Waals surface area contributed by atoms with E-state index in [9.17, 15) is 4.79 Å². The predicted octanol–water partition coefficient (Wildman–Crippen LogP) is 1.07. The molecule has 1 unspecified atom stereocenters. The summed E-state index contributed by atoms with van der Waals surface area (Å²) in [5, 5.41) is 9.10. The Balaban J connectivity index is 2.61. The fraction of sp³-hybridized carbons (Fsp3) is 0.917. The molecule has 0 bridgehead atoms. The quantitative estimate of drug-likeness (QED) is 0.773. The van der Waals surface area contributed by atoms with Crippen molar-refractivity contribution in [3.63, 3.8) is 0 Å². The van der Waals surface area contributed by atoms with Crippen molar-refractivity contribution in [3.8, 4) is 0 Å². The lowest BCUT2D eigenvalue weighted by atomic mass is 10.0. The minimum atomic E-state index is -0.117. The number of nitrogens with zero attached hydrogens (tertiary/aromatic N) is 2. The largest absolute Gasteiger partial charge is 0.395 e. The Morgan fingerprint density at radius 2 is 2.12 bits per heavy atom. The van der Waals surface area contributed by atoms with Gasteiger partial charge in [-0.05, 0) is 39.4 Å². The minimum Gasteiger partial charge on any atom is -0.395 e. The molecule has 1 rings (SSSR count). The summed E-state index contributed by atoms with van der Waals surface area (Å²) in [6.45, 7) is 4.54. The molecule has 0 aromatic carbocycles. The molecule has 1 amide bonds. The van der Waals surface area contributed by atoms with Crippen LogP contribution in [0.4, 0.5) is 0 Å². The van der Waals surface area contributed by atoms with Crippen molar-refractivity contribution in [2.75, 3.05) is 33.3 Å². The molecule has 100 valence electrons. The van der Waals surface area contributed by atoms with Crippen molar-refractivity contribution in [3.05, 3.63) is 0 Å². The predicted molar refractivity (Wildman–Crippen MR) is 72.3 cm³/mol. The summed E-state index contributed by atoms with van der Waals surface area (Å²) in [6, 6.07) is 0.289. The Labute approximate surface area is 112 Å². The highest BCUT2D eigenvalue weighted by Gasteiger charge is 2.29. The summed E-state index contributed by atoms with van der Waals surface area (Å²) in [7, 11) is 2.10. The Kier molecular flexibility index (Phi) is 6.44. The third kappa shape index (κ3) is 4.23. The molecule has 1 heterocycles. The summed E-state index contributed by atoms with van der Waals surface area (Å²) in [6.07, 6.45) is 2.80. The van der Waals surface area contributed by atoms with E-state index in [1.54, 1.807) is 0 Å². The molecule has 0 spiro atoms. The standard InChI is InChI=1S/C12H23BrN2O2/c1-3-11(13)12(17)15(8-9-16)10-4-6-14(2)7-5-10/h10-11,16H,3-9H2,1-2H3. The molecule has 4 nitrogen and oxygen atoms in total. The molecule has 1 atom stereocenters. The lowest BCUT2D eigenvalue weighted by Gasteiger charge is -2.38. The zero-order valence-corrected chi connectivity index (χ0v) is 12.3. The van der Waals surface area contributed by atoms with Gasteiger partial charge in [0.25, 0.3) is 0 Å². The van der Waals surface area contributed by atoms with Crippen LogP contribution in [0.15, 0.2) is 0 Å². The number of alkyl halides is 1. The highest BCUT2D eigenvalue weighted by molar-refractivity contribution is 9.10. The second-order valence-electron chi connectivity index (χ2n) is 4.67. The molecule has 0 radical (unpaired) electrons. The van der Waals surface area contributed by atoms with Gasteiger partial charge in [0.1, 0.15) is 0 Å². The van der Waals surface area contributed by atoms with Gasteiger partial charge in [0.2, 0.25) is 5.91 Å². The van der Waals surface area contributed by atoms with Crippen LogP contribution in [0.2, 0.25) is 0 Å². The smallest absolute Gasteiger partial charge is 0.236 e. The average Bonchev–Trinajstić information content (AvgIpc) is 2.35. The SMILES string of the molecule is CCC(Br)C(=O)N(CCO)C1CCN(C)CC1. The van der Waals surface area contributed by atoms with Crippen LogP contribution >= 0.6 is 15.9 Å². The average molecular weight is 307 g/mol. The molecule has 1 aliphatic rings. The molecule has 1 aliphatic heterocycles. The van der Waals surface area contributed by atoms with E-state index < -0.39 is 0 Å². The number of halogens is 1. The Bertz CT molecular complexity index is 243. The lowest BCUT2D eigenvalue weighted by molar-refractivity contribution is -0.134. The second kappa shape index (κ2) is 7.34. The van der Waals surface area contributed by atoms with Gasteiger partial charge in [0, 0.05) is 12.6 Å². The van der Waals surface area contributed by atoms with E-state index in [-0.39, 0.29) is 23.4 Å². The number of aliphatic hydroxyl groups excluding tert-OH is 1. The van der Waals surface area contributed by atoms with Gasteiger partial charge in [-0.25, -0.2) is 0 Å². The Hall–Kier alpha value is -0.130. The molecule has 1 N–H and O–H groups in total. The van der Waals surface area contributed by atoms with Crippen LogP contribution in [-0.4, -0.2) is 65.0 Å². The summed E-state index contributed by atoms with van der Waals surface area (Å²) >= 11 is 3.41. The van der Waals surface area contributed by atoms with Gasteiger partial charge in [-0.1, -0.05) is 22.9 Å². The van der Waals surface area contributed by atoms with E-state index in [1.807, 2.05) is 11.8 Å². The number of hydrogen-bond acceptors (Lipinski definition) is 3. The fourth-order valence-electron chi connectivity index (χ4n) is 2.24. The van der Waals surface area contributed by atoms with E-state index in [0.717, 1.165) is 32.4 Å². The highest BCUT2D eigenvalue weighted by Crippen LogP contribution is 2.19. The van der Waals surface area contributed by atoms with Crippen molar-refractivity contribution in [2.24, 2.45) is 0 Å². The maximum atomic E-state index is 12.2. The van der Waals surface area contributed by atoms with E-state index in [4.69, 9.17) is 5.11 Å². The van der Waals surface area contributed by atoms with Gasteiger partial charge in [-0.3, -0.25) is 4.79 Å². The third-order valence-corrected chi connectivity index (χ3v) is 4.42. The van der Waals surface area contributed by atoms with Gasteiger partial charge in [0.15, 0.2) is 0 Å². The van der Waals surface area contributed by atoms with Crippen LogP contribution in [0.1, 0.15) is 26.2 Å². The normalized spacial score (nSPS) is 20.2. The topological polar surface area (TPSA) is 43.8 Å². The minimum absolute atomic E-state index is 0.0432. The van der Waals surface area contributed by atoms with Crippen LogP contribution in [0.5, 0.6) is 0 Å².